The third kappa shape index (κ3) is 7.30. The van der Waals surface area contributed by atoms with Crippen molar-refractivity contribution in [2.24, 2.45) is 0 Å². The summed E-state index contributed by atoms with van der Waals surface area (Å²) in [6, 6.07) is 6.82. The normalized spacial score (nSPS) is 13.0. The summed E-state index contributed by atoms with van der Waals surface area (Å²) in [5.74, 6) is -2.91. The minimum absolute atomic E-state index is 0.0105. The Balaban J connectivity index is 2.77. The molecule has 0 amide bonds. The monoisotopic (exact) mass is 590 g/mol. The van der Waals surface area contributed by atoms with Gasteiger partial charge in [-0.15, -0.1) is 11.6 Å². The summed E-state index contributed by atoms with van der Waals surface area (Å²) in [7, 11) is -5.09. The van der Waals surface area contributed by atoms with Crippen LogP contribution in [0.25, 0.3) is 0 Å². The minimum atomic E-state index is -5.09. The van der Waals surface area contributed by atoms with Gasteiger partial charge in [-0.3, -0.25) is 19.2 Å². The molecular weight excluding hydrogens is 551 g/mol. The van der Waals surface area contributed by atoms with Gasteiger partial charge in [0.2, 0.25) is 18.2 Å². The number of carbonyl (C=O) groups excluding carboxylic acids is 3. The molecule has 0 aromatic heterocycles. The number of carboxylic acids is 1. The number of ether oxygens (including phenoxy) is 1. The Bertz CT molecular complexity index is 1230. The van der Waals surface area contributed by atoms with E-state index < -0.39 is 41.2 Å². The SMILES string of the molecule is CCCCCCCOC(=O)C(C(Cl)C(=O)O)P(=O)(C(=O)c1c(C)cc(C)cc1C)C(=O)c1c(C)cc(C)cc1C. The highest BCUT2D eigenvalue weighted by atomic mass is 35.5. The topological polar surface area (TPSA) is 115 Å². The molecule has 0 fully saturated rings. The molecule has 218 valence electrons. The predicted molar refractivity (Wildman–Crippen MR) is 158 cm³/mol. The van der Waals surface area contributed by atoms with Crippen LogP contribution < -0.4 is 0 Å². The molecule has 0 bridgehead atoms. The summed E-state index contributed by atoms with van der Waals surface area (Å²) in [6.45, 7) is 12.2. The molecule has 9 heteroatoms. The van der Waals surface area contributed by atoms with Crippen LogP contribution in [0, 0.1) is 41.5 Å². The predicted octanol–water partition coefficient (Wildman–Crippen LogP) is 7.46. The highest BCUT2D eigenvalue weighted by molar-refractivity contribution is 7.96. The number of carboxylic acid groups (broad SMARTS) is 1. The zero-order valence-corrected chi connectivity index (χ0v) is 26.1. The largest absolute Gasteiger partial charge is 0.480 e. The van der Waals surface area contributed by atoms with Crippen molar-refractivity contribution in [1.82, 2.24) is 0 Å². The number of carbonyl (C=O) groups is 4. The van der Waals surface area contributed by atoms with Crippen LogP contribution >= 0.6 is 18.7 Å². The summed E-state index contributed by atoms with van der Waals surface area (Å²) in [5.41, 5.74) is -0.859. The summed E-state index contributed by atoms with van der Waals surface area (Å²) in [4.78, 5) is 54.2. The van der Waals surface area contributed by atoms with Gasteiger partial charge in [-0.2, -0.15) is 0 Å². The number of aryl methyl sites for hydroxylation is 6. The average Bonchev–Trinajstić information content (AvgIpc) is 2.84. The Morgan fingerprint density at radius 2 is 1.18 bits per heavy atom. The molecule has 0 radical (unpaired) electrons. The summed E-state index contributed by atoms with van der Waals surface area (Å²) >= 11 is 6.24. The molecule has 0 heterocycles. The lowest BCUT2D eigenvalue weighted by Gasteiger charge is -2.28. The fourth-order valence-electron chi connectivity index (χ4n) is 5.26. The van der Waals surface area contributed by atoms with Crippen molar-refractivity contribution in [3.63, 3.8) is 0 Å². The first-order chi connectivity index (χ1) is 18.7. The van der Waals surface area contributed by atoms with E-state index in [0.29, 0.717) is 28.7 Å². The number of benzene rings is 2. The van der Waals surface area contributed by atoms with Crippen LogP contribution in [-0.2, 0) is 18.9 Å². The van der Waals surface area contributed by atoms with Crippen molar-refractivity contribution in [1.29, 1.82) is 0 Å². The van der Waals surface area contributed by atoms with E-state index in [0.717, 1.165) is 36.8 Å². The second-order valence-electron chi connectivity index (χ2n) is 10.6. The zero-order chi connectivity index (χ0) is 30.4. The van der Waals surface area contributed by atoms with Gasteiger partial charge in [-0.05, 0) is 70.2 Å². The third-order valence-electron chi connectivity index (χ3n) is 7.02. The van der Waals surface area contributed by atoms with E-state index in [2.05, 4.69) is 6.92 Å². The van der Waals surface area contributed by atoms with E-state index in [1.807, 2.05) is 13.8 Å². The molecule has 0 aliphatic carbocycles. The van der Waals surface area contributed by atoms with Gasteiger partial charge in [-0.25, -0.2) is 0 Å². The maximum absolute atomic E-state index is 15.1. The van der Waals surface area contributed by atoms with Crippen molar-refractivity contribution in [2.45, 2.75) is 91.6 Å². The Morgan fingerprint density at radius 1 is 0.775 bits per heavy atom. The second kappa shape index (κ2) is 14.2. The van der Waals surface area contributed by atoms with Gasteiger partial charge in [0.1, 0.15) is 0 Å². The zero-order valence-electron chi connectivity index (χ0n) is 24.4. The molecule has 2 aromatic carbocycles. The fraction of sp³-hybridized carbons (Fsp3) is 0.484. The first kappa shape index (κ1) is 33.4. The fourth-order valence-corrected chi connectivity index (χ4v) is 8.77. The van der Waals surface area contributed by atoms with Crippen LogP contribution in [0.1, 0.15) is 93.1 Å². The van der Waals surface area contributed by atoms with Crippen LogP contribution in [0.3, 0.4) is 0 Å². The molecule has 2 rings (SSSR count). The van der Waals surface area contributed by atoms with Crippen LogP contribution in [0.15, 0.2) is 24.3 Å². The highest BCUT2D eigenvalue weighted by Crippen LogP contribution is 2.59. The van der Waals surface area contributed by atoms with Gasteiger partial charge in [0, 0.05) is 11.1 Å². The maximum Gasteiger partial charge on any atom is 0.323 e. The molecule has 2 aromatic rings. The van der Waals surface area contributed by atoms with E-state index in [9.17, 15) is 24.3 Å². The lowest BCUT2D eigenvalue weighted by atomic mass is 10.0. The molecule has 0 aliphatic rings. The molecule has 1 N–H and O–H groups in total. The second-order valence-corrected chi connectivity index (χ2v) is 13.7. The third-order valence-corrected chi connectivity index (χ3v) is 10.6. The van der Waals surface area contributed by atoms with E-state index in [1.165, 1.54) is 0 Å². The number of hydrogen-bond acceptors (Lipinski definition) is 6. The smallest absolute Gasteiger partial charge is 0.323 e. The lowest BCUT2D eigenvalue weighted by Crippen LogP contribution is -2.41. The number of hydrogen-bond donors (Lipinski definition) is 1. The minimum Gasteiger partial charge on any atom is -0.480 e. The van der Waals surface area contributed by atoms with Gasteiger partial charge in [-0.1, -0.05) is 68.0 Å². The molecule has 0 aliphatic heterocycles. The van der Waals surface area contributed by atoms with Crippen molar-refractivity contribution in [3.05, 3.63) is 68.8 Å². The van der Waals surface area contributed by atoms with Gasteiger partial charge in [0.25, 0.3) is 0 Å². The Kier molecular flexibility index (Phi) is 11.9. The first-order valence-corrected chi connectivity index (χ1v) is 15.8. The number of rotatable bonds is 14. The van der Waals surface area contributed by atoms with Gasteiger partial charge in [0.15, 0.2) is 11.0 Å². The van der Waals surface area contributed by atoms with E-state index in [4.69, 9.17) is 16.3 Å². The number of esters is 1. The van der Waals surface area contributed by atoms with Crippen LogP contribution in [-0.4, -0.2) is 45.7 Å². The molecule has 0 spiro atoms. The highest BCUT2D eigenvalue weighted by Gasteiger charge is 2.57. The Hall–Kier alpha value is -2.76. The molecular formula is C31H40ClO7P. The first-order valence-electron chi connectivity index (χ1n) is 13.6. The average molecular weight is 591 g/mol. The maximum atomic E-state index is 15.1. The van der Waals surface area contributed by atoms with Crippen molar-refractivity contribution in [3.8, 4) is 0 Å². The number of alkyl halides is 1. The van der Waals surface area contributed by atoms with Crippen molar-refractivity contribution >= 4 is 41.7 Å². The van der Waals surface area contributed by atoms with E-state index >= 15 is 4.57 Å². The molecule has 7 nitrogen and oxygen atoms in total. The van der Waals surface area contributed by atoms with Crippen LogP contribution in [0.5, 0.6) is 0 Å². The van der Waals surface area contributed by atoms with Crippen LogP contribution in [0.2, 0.25) is 0 Å². The van der Waals surface area contributed by atoms with Gasteiger partial charge in [0.05, 0.1) is 6.61 Å². The number of unbranched alkanes of at least 4 members (excludes halogenated alkanes) is 4. The molecule has 0 saturated carbocycles. The van der Waals surface area contributed by atoms with Gasteiger partial charge < -0.3 is 14.4 Å². The number of aliphatic carboxylic acids is 1. The van der Waals surface area contributed by atoms with Crippen molar-refractivity contribution in [2.75, 3.05) is 6.61 Å². The number of halogens is 1. The van der Waals surface area contributed by atoms with E-state index in [1.54, 1.807) is 52.0 Å². The standard InChI is InChI=1S/C31H40ClO7P/c1-8-9-10-11-12-13-39-29(35)27(26(32)28(33)34)40(38,30(36)24-20(4)14-18(2)15-21(24)5)31(37)25-22(6)16-19(3)17-23(25)7/h14-17,26-27H,8-13H2,1-7H3,(H,33,34). The van der Waals surface area contributed by atoms with E-state index in [-0.39, 0.29) is 17.7 Å². The summed E-state index contributed by atoms with van der Waals surface area (Å²) in [6.07, 6.45) is 4.24. The molecule has 40 heavy (non-hydrogen) atoms. The van der Waals surface area contributed by atoms with Crippen LogP contribution in [0.4, 0.5) is 0 Å². The lowest BCUT2D eigenvalue weighted by molar-refractivity contribution is -0.147. The van der Waals surface area contributed by atoms with Crippen molar-refractivity contribution < 1.29 is 33.6 Å². The Morgan fingerprint density at radius 3 is 1.55 bits per heavy atom. The molecule has 2 unspecified atom stereocenters. The Labute approximate surface area is 242 Å². The summed E-state index contributed by atoms with van der Waals surface area (Å²) < 4.78 is 20.5. The molecule has 2 atom stereocenters. The van der Waals surface area contributed by atoms with Gasteiger partial charge >= 0.3 is 11.9 Å². The summed E-state index contributed by atoms with van der Waals surface area (Å²) in [5, 5.41) is 7.71. The molecule has 0 saturated heterocycles. The quantitative estimate of drug-likeness (QED) is 0.105.